The molecule has 0 saturated heterocycles. The molecule has 1 aliphatic carbocycles. The zero-order chi connectivity index (χ0) is 9.83. The van der Waals surface area contributed by atoms with Crippen LogP contribution in [-0.4, -0.2) is 0 Å². The fraction of sp³-hybridized carbons (Fsp3) is 0.538. The van der Waals surface area contributed by atoms with E-state index in [-0.39, 0.29) is 0 Å². The van der Waals surface area contributed by atoms with Crippen molar-refractivity contribution in [1.29, 1.82) is 0 Å². The number of hydrogen-bond acceptors (Lipinski definition) is 2. The SMILES string of the molecule is c1cc2c3c4c1CO[C@H]4CCC[C@H]3OC2. The van der Waals surface area contributed by atoms with E-state index in [9.17, 15) is 0 Å². The maximum absolute atomic E-state index is 5.86. The Morgan fingerprint density at radius 3 is 1.93 bits per heavy atom. The fourth-order valence-electron chi connectivity index (χ4n) is 3.23. The van der Waals surface area contributed by atoms with Crippen LogP contribution in [0.25, 0.3) is 0 Å². The number of hydrogen-bond donors (Lipinski definition) is 0. The van der Waals surface area contributed by atoms with Gasteiger partial charge in [-0.3, -0.25) is 0 Å². The van der Waals surface area contributed by atoms with Gasteiger partial charge in [0.25, 0.3) is 0 Å². The van der Waals surface area contributed by atoms with Crippen molar-refractivity contribution in [1.82, 2.24) is 0 Å². The molecule has 0 amide bonds. The molecule has 0 saturated carbocycles. The lowest BCUT2D eigenvalue weighted by Gasteiger charge is -2.12. The summed E-state index contributed by atoms with van der Waals surface area (Å²) in [5.41, 5.74) is 5.76. The Hall–Kier alpha value is -0.860. The molecule has 0 N–H and O–H groups in total. The minimum absolute atomic E-state index is 0.363. The van der Waals surface area contributed by atoms with E-state index in [1.807, 2.05) is 0 Å². The Morgan fingerprint density at radius 1 is 0.867 bits per heavy atom. The van der Waals surface area contributed by atoms with Gasteiger partial charge >= 0.3 is 0 Å². The number of ether oxygens (including phenoxy) is 2. The third-order valence-electron chi connectivity index (χ3n) is 3.92. The highest BCUT2D eigenvalue weighted by molar-refractivity contribution is 5.47. The Kier molecular flexibility index (Phi) is 1.57. The van der Waals surface area contributed by atoms with Crippen LogP contribution in [0.2, 0.25) is 0 Å². The smallest absolute Gasteiger partial charge is 0.0836 e. The molecule has 0 aromatic heterocycles. The summed E-state index contributed by atoms with van der Waals surface area (Å²) in [5, 5.41) is 0. The topological polar surface area (TPSA) is 18.5 Å². The lowest BCUT2D eigenvalue weighted by atomic mass is 9.93. The molecule has 15 heavy (non-hydrogen) atoms. The summed E-state index contributed by atoms with van der Waals surface area (Å²) < 4.78 is 11.7. The van der Waals surface area contributed by atoms with Gasteiger partial charge in [-0.2, -0.15) is 0 Å². The third kappa shape index (κ3) is 1.01. The van der Waals surface area contributed by atoms with Crippen LogP contribution >= 0.6 is 0 Å². The number of rotatable bonds is 0. The van der Waals surface area contributed by atoms with Crippen LogP contribution in [0.3, 0.4) is 0 Å². The van der Waals surface area contributed by atoms with Gasteiger partial charge in [-0.15, -0.1) is 0 Å². The first-order valence-electron chi connectivity index (χ1n) is 5.81. The first kappa shape index (κ1) is 8.31. The van der Waals surface area contributed by atoms with Gasteiger partial charge in [0, 0.05) is 0 Å². The molecule has 0 fully saturated rings. The second-order valence-electron chi connectivity index (χ2n) is 4.74. The highest BCUT2D eigenvalue weighted by Gasteiger charge is 2.36. The van der Waals surface area contributed by atoms with Crippen LogP contribution < -0.4 is 0 Å². The summed E-state index contributed by atoms with van der Waals surface area (Å²) >= 11 is 0. The summed E-state index contributed by atoms with van der Waals surface area (Å²) in [5.74, 6) is 0. The van der Waals surface area contributed by atoms with Crippen LogP contribution in [0.5, 0.6) is 0 Å². The van der Waals surface area contributed by atoms with Crippen molar-refractivity contribution in [2.75, 3.05) is 0 Å². The van der Waals surface area contributed by atoms with Crippen molar-refractivity contribution >= 4 is 0 Å². The van der Waals surface area contributed by atoms with Crippen molar-refractivity contribution in [3.05, 3.63) is 34.4 Å². The molecule has 2 nitrogen and oxygen atoms in total. The minimum atomic E-state index is 0.363. The van der Waals surface area contributed by atoms with Gasteiger partial charge < -0.3 is 9.47 Å². The molecule has 0 unspecified atom stereocenters. The van der Waals surface area contributed by atoms with Crippen molar-refractivity contribution in [2.24, 2.45) is 0 Å². The van der Waals surface area contributed by atoms with Crippen LogP contribution in [-0.2, 0) is 22.7 Å². The fourth-order valence-corrected chi connectivity index (χ4v) is 3.23. The first-order chi connectivity index (χ1) is 7.43. The molecular weight excluding hydrogens is 188 g/mol. The van der Waals surface area contributed by atoms with E-state index >= 15 is 0 Å². The predicted molar refractivity (Wildman–Crippen MR) is 55.4 cm³/mol. The van der Waals surface area contributed by atoms with Crippen molar-refractivity contribution in [3.63, 3.8) is 0 Å². The van der Waals surface area contributed by atoms with Crippen LogP contribution in [0.1, 0.15) is 53.7 Å². The highest BCUT2D eigenvalue weighted by atomic mass is 16.5. The van der Waals surface area contributed by atoms with E-state index in [1.54, 1.807) is 0 Å². The standard InChI is InChI=1S/C13H14O2/c1-2-10-12-8(6-14-10)4-5-9-7-15-11(3-1)13(9)12/h4-5,10-11H,1-3,6-7H2/t10-,11+. The molecule has 2 heterocycles. The van der Waals surface area contributed by atoms with E-state index in [1.165, 1.54) is 41.5 Å². The Bertz CT molecular complexity index is 386. The summed E-state index contributed by atoms with van der Waals surface area (Å²) in [6.45, 7) is 1.61. The average Bonchev–Trinajstić information content (AvgIpc) is 2.78. The summed E-state index contributed by atoms with van der Waals surface area (Å²) in [6, 6.07) is 4.45. The van der Waals surface area contributed by atoms with Gasteiger partial charge in [0.05, 0.1) is 25.4 Å². The van der Waals surface area contributed by atoms with E-state index in [2.05, 4.69) is 12.1 Å². The van der Waals surface area contributed by atoms with Crippen LogP contribution in [0.15, 0.2) is 12.1 Å². The van der Waals surface area contributed by atoms with Crippen LogP contribution in [0.4, 0.5) is 0 Å². The Morgan fingerprint density at radius 2 is 1.40 bits per heavy atom. The van der Waals surface area contributed by atoms with Gasteiger partial charge in [0.2, 0.25) is 0 Å². The average molecular weight is 202 g/mol. The summed E-state index contributed by atoms with van der Waals surface area (Å²) in [7, 11) is 0. The van der Waals surface area contributed by atoms with Crippen molar-refractivity contribution in [3.8, 4) is 0 Å². The lowest BCUT2D eigenvalue weighted by Crippen LogP contribution is -1.99. The molecular formula is C13H14O2. The van der Waals surface area contributed by atoms with E-state index < -0.39 is 0 Å². The van der Waals surface area contributed by atoms with Gasteiger partial charge in [0.1, 0.15) is 0 Å². The van der Waals surface area contributed by atoms with E-state index in [0.29, 0.717) is 12.2 Å². The van der Waals surface area contributed by atoms with Gasteiger partial charge in [0.15, 0.2) is 0 Å². The molecule has 4 rings (SSSR count). The Balaban J connectivity index is 2.01. The van der Waals surface area contributed by atoms with Gasteiger partial charge in [-0.05, 0) is 41.5 Å². The second kappa shape index (κ2) is 2.83. The normalized spacial score (nSPS) is 31.5. The molecule has 0 spiro atoms. The lowest BCUT2D eigenvalue weighted by molar-refractivity contribution is 0.0506. The third-order valence-corrected chi connectivity index (χ3v) is 3.92. The van der Waals surface area contributed by atoms with Crippen LogP contribution in [0, 0.1) is 0 Å². The highest BCUT2D eigenvalue weighted by Crippen LogP contribution is 2.48. The Labute approximate surface area is 89.2 Å². The second-order valence-corrected chi connectivity index (χ2v) is 4.74. The maximum Gasteiger partial charge on any atom is 0.0836 e. The molecule has 78 valence electrons. The molecule has 2 aliphatic heterocycles. The minimum Gasteiger partial charge on any atom is -0.369 e. The molecule has 2 atom stereocenters. The summed E-state index contributed by atoms with van der Waals surface area (Å²) in [4.78, 5) is 0. The van der Waals surface area contributed by atoms with Gasteiger partial charge in [-0.25, -0.2) is 0 Å². The molecule has 1 aromatic rings. The molecule has 0 radical (unpaired) electrons. The maximum atomic E-state index is 5.86. The largest absolute Gasteiger partial charge is 0.369 e. The molecule has 0 bridgehead atoms. The van der Waals surface area contributed by atoms with Crippen molar-refractivity contribution in [2.45, 2.75) is 44.7 Å². The first-order valence-corrected chi connectivity index (χ1v) is 5.81. The molecule has 3 aliphatic rings. The van der Waals surface area contributed by atoms with E-state index in [4.69, 9.17) is 9.47 Å². The predicted octanol–water partition coefficient (Wildman–Crippen LogP) is 3.01. The summed E-state index contributed by atoms with van der Waals surface area (Å²) in [6.07, 6.45) is 4.29. The van der Waals surface area contributed by atoms with Crippen molar-refractivity contribution < 1.29 is 9.47 Å². The zero-order valence-electron chi connectivity index (χ0n) is 8.66. The van der Waals surface area contributed by atoms with Gasteiger partial charge in [-0.1, -0.05) is 12.1 Å². The quantitative estimate of drug-likeness (QED) is 0.643. The zero-order valence-corrected chi connectivity index (χ0v) is 8.66. The number of benzene rings is 1. The molecule has 1 aromatic carbocycles. The monoisotopic (exact) mass is 202 g/mol. The molecule has 2 heteroatoms. The van der Waals surface area contributed by atoms with E-state index in [0.717, 1.165) is 13.2 Å².